The molecule has 2 rings (SSSR count). The largest absolute Gasteiger partial charge is 0.381 e. The second kappa shape index (κ2) is 6.19. The molecular formula is C16H17FN2O. The zero-order valence-electron chi connectivity index (χ0n) is 11.5. The Balaban J connectivity index is 2.03. The Bertz CT molecular complexity index is 626. The van der Waals surface area contributed by atoms with Gasteiger partial charge in [0, 0.05) is 24.8 Å². The molecule has 0 bridgehead atoms. The maximum Gasteiger partial charge on any atom is 0.221 e. The van der Waals surface area contributed by atoms with Crippen LogP contribution in [0.4, 0.5) is 15.8 Å². The first-order chi connectivity index (χ1) is 9.54. The highest BCUT2D eigenvalue weighted by Crippen LogP contribution is 2.17. The summed E-state index contributed by atoms with van der Waals surface area (Å²) in [5, 5.41) is 5.98. The van der Waals surface area contributed by atoms with Gasteiger partial charge in [0.2, 0.25) is 5.91 Å². The normalized spacial score (nSPS) is 10.2. The first-order valence-electron chi connectivity index (χ1n) is 6.41. The van der Waals surface area contributed by atoms with Crippen LogP contribution in [0.5, 0.6) is 0 Å². The summed E-state index contributed by atoms with van der Waals surface area (Å²) in [6.45, 7) is 3.82. The highest BCUT2D eigenvalue weighted by Gasteiger charge is 2.00. The lowest BCUT2D eigenvalue weighted by Crippen LogP contribution is -2.06. The molecule has 3 nitrogen and oxygen atoms in total. The van der Waals surface area contributed by atoms with Crippen molar-refractivity contribution in [2.24, 2.45) is 0 Å². The third kappa shape index (κ3) is 3.82. The highest BCUT2D eigenvalue weighted by atomic mass is 19.1. The van der Waals surface area contributed by atoms with Crippen molar-refractivity contribution in [2.75, 3.05) is 10.6 Å². The van der Waals surface area contributed by atoms with E-state index in [0.29, 0.717) is 12.1 Å². The number of hydrogen-bond donors (Lipinski definition) is 2. The Kier molecular flexibility index (Phi) is 4.35. The molecule has 0 saturated carbocycles. The summed E-state index contributed by atoms with van der Waals surface area (Å²) in [6, 6.07) is 12.5. The Labute approximate surface area is 117 Å². The number of nitrogens with one attached hydrogen (secondary N) is 2. The van der Waals surface area contributed by atoms with E-state index >= 15 is 0 Å². The fourth-order valence-electron chi connectivity index (χ4n) is 1.93. The highest BCUT2D eigenvalue weighted by molar-refractivity contribution is 5.89. The van der Waals surface area contributed by atoms with Crippen LogP contribution in [-0.2, 0) is 11.3 Å². The molecule has 0 aliphatic carbocycles. The van der Waals surface area contributed by atoms with Gasteiger partial charge in [-0.1, -0.05) is 18.2 Å². The molecule has 2 N–H and O–H groups in total. The number of halogens is 1. The molecule has 0 unspecified atom stereocenters. The third-order valence-electron chi connectivity index (χ3n) is 2.90. The summed E-state index contributed by atoms with van der Waals surface area (Å²) in [6.07, 6.45) is 0. The van der Waals surface area contributed by atoms with E-state index in [0.717, 1.165) is 16.9 Å². The number of anilines is 2. The van der Waals surface area contributed by atoms with Crippen molar-refractivity contribution in [2.45, 2.75) is 20.4 Å². The zero-order valence-corrected chi connectivity index (χ0v) is 11.5. The van der Waals surface area contributed by atoms with Gasteiger partial charge in [0.25, 0.3) is 0 Å². The van der Waals surface area contributed by atoms with E-state index in [2.05, 4.69) is 10.6 Å². The Morgan fingerprint density at radius 2 is 1.90 bits per heavy atom. The van der Waals surface area contributed by atoms with E-state index < -0.39 is 0 Å². The summed E-state index contributed by atoms with van der Waals surface area (Å²) >= 11 is 0. The summed E-state index contributed by atoms with van der Waals surface area (Å²) in [4.78, 5) is 11.0. The topological polar surface area (TPSA) is 41.1 Å². The van der Waals surface area contributed by atoms with Crippen molar-refractivity contribution in [3.8, 4) is 0 Å². The van der Waals surface area contributed by atoms with Gasteiger partial charge >= 0.3 is 0 Å². The molecule has 0 fully saturated rings. The van der Waals surface area contributed by atoms with Gasteiger partial charge in [-0.05, 0) is 42.3 Å². The summed E-state index contributed by atoms with van der Waals surface area (Å²) in [5.41, 5.74) is 3.29. The second-order valence-corrected chi connectivity index (χ2v) is 4.70. The van der Waals surface area contributed by atoms with Crippen LogP contribution in [0.25, 0.3) is 0 Å². The summed E-state index contributed by atoms with van der Waals surface area (Å²) in [5.74, 6) is -0.294. The molecular weight excluding hydrogens is 255 g/mol. The van der Waals surface area contributed by atoms with Crippen LogP contribution >= 0.6 is 0 Å². The molecule has 0 aliphatic heterocycles. The lowest BCUT2D eigenvalue weighted by atomic mass is 10.1. The van der Waals surface area contributed by atoms with Gasteiger partial charge < -0.3 is 10.6 Å². The van der Waals surface area contributed by atoms with Crippen molar-refractivity contribution < 1.29 is 9.18 Å². The number of aryl methyl sites for hydroxylation is 1. The van der Waals surface area contributed by atoms with Crippen molar-refractivity contribution in [1.29, 1.82) is 0 Å². The van der Waals surface area contributed by atoms with E-state index in [1.165, 1.54) is 13.0 Å². The van der Waals surface area contributed by atoms with E-state index in [9.17, 15) is 9.18 Å². The molecule has 0 aliphatic rings. The van der Waals surface area contributed by atoms with Gasteiger partial charge in [-0.3, -0.25) is 4.79 Å². The number of carbonyl (C=O) groups is 1. The average molecular weight is 272 g/mol. The molecule has 0 atom stereocenters. The van der Waals surface area contributed by atoms with E-state index in [1.807, 2.05) is 30.3 Å². The number of benzene rings is 2. The smallest absolute Gasteiger partial charge is 0.221 e. The lowest BCUT2D eigenvalue weighted by molar-refractivity contribution is -0.114. The maximum absolute atomic E-state index is 13.2. The van der Waals surface area contributed by atoms with Crippen molar-refractivity contribution >= 4 is 17.3 Å². The minimum atomic E-state index is -0.193. The molecule has 0 saturated heterocycles. The molecule has 2 aromatic rings. The standard InChI is InChI=1S/C16H17FN2O/c1-11-8-13(6-7-16(11)17)10-18-14-4-3-5-15(9-14)19-12(2)20/h3-9,18H,10H2,1-2H3,(H,19,20). The zero-order chi connectivity index (χ0) is 14.5. The van der Waals surface area contributed by atoms with Gasteiger partial charge in [0.05, 0.1) is 0 Å². The Morgan fingerprint density at radius 1 is 1.15 bits per heavy atom. The number of hydrogen-bond acceptors (Lipinski definition) is 2. The molecule has 4 heteroatoms. The van der Waals surface area contributed by atoms with Crippen molar-refractivity contribution in [1.82, 2.24) is 0 Å². The lowest BCUT2D eigenvalue weighted by Gasteiger charge is -2.09. The molecule has 0 heterocycles. The quantitative estimate of drug-likeness (QED) is 0.891. The van der Waals surface area contributed by atoms with E-state index in [4.69, 9.17) is 0 Å². The molecule has 0 spiro atoms. The van der Waals surface area contributed by atoms with Gasteiger partial charge in [-0.2, -0.15) is 0 Å². The van der Waals surface area contributed by atoms with Crippen LogP contribution in [0.3, 0.4) is 0 Å². The summed E-state index contributed by atoms with van der Waals surface area (Å²) in [7, 11) is 0. The number of carbonyl (C=O) groups excluding carboxylic acids is 1. The third-order valence-corrected chi connectivity index (χ3v) is 2.90. The fourth-order valence-corrected chi connectivity index (χ4v) is 1.93. The van der Waals surface area contributed by atoms with Gasteiger partial charge in [0.1, 0.15) is 5.82 Å². The van der Waals surface area contributed by atoms with Gasteiger partial charge in [0.15, 0.2) is 0 Å². The van der Waals surface area contributed by atoms with Gasteiger partial charge in [-0.15, -0.1) is 0 Å². The average Bonchev–Trinajstić information content (AvgIpc) is 2.40. The first kappa shape index (κ1) is 14.1. The Hall–Kier alpha value is -2.36. The molecule has 0 radical (unpaired) electrons. The maximum atomic E-state index is 13.2. The van der Waals surface area contributed by atoms with Crippen LogP contribution in [0.1, 0.15) is 18.1 Å². The van der Waals surface area contributed by atoms with Gasteiger partial charge in [-0.25, -0.2) is 4.39 Å². The predicted molar refractivity (Wildman–Crippen MR) is 79.2 cm³/mol. The molecule has 20 heavy (non-hydrogen) atoms. The fraction of sp³-hybridized carbons (Fsp3) is 0.188. The second-order valence-electron chi connectivity index (χ2n) is 4.70. The van der Waals surface area contributed by atoms with Crippen LogP contribution in [0.2, 0.25) is 0 Å². The molecule has 1 amide bonds. The molecule has 0 aromatic heterocycles. The van der Waals surface area contributed by atoms with Crippen LogP contribution in [-0.4, -0.2) is 5.91 Å². The summed E-state index contributed by atoms with van der Waals surface area (Å²) < 4.78 is 13.2. The van der Waals surface area contributed by atoms with Crippen LogP contribution < -0.4 is 10.6 Å². The SMILES string of the molecule is CC(=O)Nc1cccc(NCc2ccc(F)c(C)c2)c1. The minimum Gasteiger partial charge on any atom is -0.381 e. The Morgan fingerprint density at radius 3 is 2.60 bits per heavy atom. The van der Waals surface area contributed by atoms with Crippen molar-refractivity contribution in [3.63, 3.8) is 0 Å². The first-order valence-corrected chi connectivity index (χ1v) is 6.41. The monoisotopic (exact) mass is 272 g/mol. The van der Waals surface area contributed by atoms with Crippen molar-refractivity contribution in [3.05, 3.63) is 59.4 Å². The predicted octanol–water partition coefficient (Wildman–Crippen LogP) is 3.70. The van der Waals surface area contributed by atoms with E-state index in [-0.39, 0.29) is 11.7 Å². The molecule has 2 aromatic carbocycles. The van der Waals surface area contributed by atoms with Crippen LogP contribution in [0, 0.1) is 12.7 Å². The molecule has 104 valence electrons. The van der Waals surface area contributed by atoms with E-state index in [1.54, 1.807) is 13.0 Å². The van der Waals surface area contributed by atoms with Crippen LogP contribution in [0.15, 0.2) is 42.5 Å². The number of amides is 1. The number of rotatable bonds is 4. The minimum absolute atomic E-state index is 0.101.